The van der Waals surface area contributed by atoms with Crippen molar-refractivity contribution in [1.29, 1.82) is 0 Å². The number of benzene rings is 1. The molecule has 1 N–H and O–H groups in total. The van der Waals surface area contributed by atoms with Crippen molar-refractivity contribution < 1.29 is 22.0 Å². The van der Waals surface area contributed by atoms with Crippen molar-refractivity contribution in [3.8, 4) is 0 Å². The molecule has 10 heteroatoms. The average Bonchev–Trinajstić information content (AvgIpc) is 3.08. The van der Waals surface area contributed by atoms with E-state index in [1.54, 1.807) is 6.20 Å². The van der Waals surface area contributed by atoms with Crippen LogP contribution in [-0.4, -0.2) is 47.8 Å². The number of nitrogens with zero attached hydrogens (tertiary/aromatic N) is 3. The maximum atomic E-state index is 13.9. The minimum atomic E-state index is -4.14. The fourth-order valence-electron chi connectivity index (χ4n) is 3.25. The lowest BCUT2D eigenvalue weighted by atomic mass is 9.97. The minimum absolute atomic E-state index is 0.0791. The molecule has 152 valence electrons. The Morgan fingerprint density at radius 2 is 2.00 bits per heavy atom. The number of rotatable bonds is 6. The first-order chi connectivity index (χ1) is 13.3. The molecule has 1 aliphatic rings. The Hall–Kier alpha value is -2.33. The van der Waals surface area contributed by atoms with Gasteiger partial charge < -0.3 is 9.88 Å². The van der Waals surface area contributed by atoms with Crippen LogP contribution in [0.1, 0.15) is 18.7 Å². The summed E-state index contributed by atoms with van der Waals surface area (Å²) in [4.78, 5) is 15.8. The van der Waals surface area contributed by atoms with E-state index >= 15 is 0 Å². The number of aryl methyl sites for hydroxylation is 1. The van der Waals surface area contributed by atoms with Crippen LogP contribution < -0.4 is 5.32 Å². The molecule has 1 aromatic heterocycles. The lowest BCUT2D eigenvalue weighted by molar-refractivity contribution is -0.126. The lowest BCUT2D eigenvalue weighted by Gasteiger charge is -2.30. The van der Waals surface area contributed by atoms with Crippen molar-refractivity contribution in [2.75, 3.05) is 19.6 Å². The number of amides is 1. The predicted octanol–water partition coefficient (Wildman–Crippen LogP) is 1.46. The number of hydrogen-bond donors (Lipinski definition) is 1. The molecular weight excluding hydrogens is 390 g/mol. The number of carbonyl (C=O) groups excluding carboxylic acids is 1. The van der Waals surface area contributed by atoms with E-state index in [0.29, 0.717) is 31.9 Å². The number of sulfonamides is 1. The molecule has 28 heavy (non-hydrogen) atoms. The van der Waals surface area contributed by atoms with Gasteiger partial charge in [0.15, 0.2) is 0 Å². The molecule has 1 aromatic carbocycles. The van der Waals surface area contributed by atoms with Crippen molar-refractivity contribution >= 4 is 15.9 Å². The Kier molecular flexibility index (Phi) is 6.09. The van der Waals surface area contributed by atoms with Crippen LogP contribution in [0.15, 0.2) is 35.5 Å². The first-order valence-corrected chi connectivity index (χ1v) is 10.4. The van der Waals surface area contributed by atoms with Gasteiger partial charge in [0.2, 0.25) is 15.9 Å². The average molecular weight is 412 g/mol. The first kappa shape index (κ1) is 20.4. The summed E-state index contributed by atoms with van der Waals surface area (Å²) in [5.41, 5.74) is 0. The highest BCUT2D eigenvalue weighted by molar-refractivity contribution is 7.89. The number of halogens is 2. The second kappa shape index (κ2) is 8.36. The summed E-state index contributed by atoms with van der Waals surface area (Å²) in [6.07, 6.45) is 4.76. The number of carbonyl (C=O) groups is 1. The smallest absolute Gasteiger partial charge is 0.246 e. The van der Waals surface area contributed by atoms with Gasteiger partial charge in [-0.15, -0.1) is 0 Å². The van der Waals surface area contributed by atoms with E-state index in [2.05, 4.69) is 10.3 Å². The van der Waals surface area contributed by atoms with E-state index in [0.717, 1.165) is 22.3 Å². The van der Waals surface area contributed by atoms with Crippen molar-refractivity contribution in [1.82, 2.24) is 19.2 Å². The van der Waals surface area contributed by atoms with Crippen molar-refractivity contribution in [2.24, 2.45) is 13.0 Å². The molecule has 0 radical (unpaired) electrons. The Morgan fingerprint density at radius 1 is 1.29 bits per heavy atom. The van der Waals surface area contributed by atoms with Crippen LogP contribution in [0, 0.1) is 17.6 Å². The fraction of sp³-hybridized carbons (Fsp3) is 0.444. The van der Waals surface area contributed by atoms with Gasteiger partial charge in [-0.2, -0.15) is 4.31 Å². The quantitative estimate of drug-likeness (QED) is 0.779. The number of piperidine rings is 1. The second-order valence-corrected chi connectivity index (χ2v) is 8.65. The zero-order chi connectivity index (χ0) is 20.3. The third-order valence-electron chi connectivity index (χ3n) is 4.90. The van der Waals surface area contributed by atoms with E-state index in [-0.39, 0.29) is 24.9 Å². The summed E-state index contributed by atoms with van der Waals surface area (Å²) in [6, 6.07) is 2.35. The summed E-state index contributed by atoms with van der Waals surface area (Å²) in [7, 11) is -2.26. The molecule has 3 rings (SSSR count). The van der Waals surface area contributed by atoms with Crippen LogP contribution in [0.4, 0.5) is 8.78 Å². The van der Waals surface area contributed by atoms with Crippen LogP contribution in [0.2, 0.25) is 0 Å². The van der Waals surface area contributed by atoms with E-state index in [1.807, 2.05) is 17.8 Å². The topological polar surface area (TPSA) is 84.3 Å². The molecule has 0 aliphatic carbocycles. The second-order valence-electron chi connectivity index (χ2n) is 6.75. The van der Waals surface area contributed by atoms with Gasteiger partial charge in [-0.1, -0.05) is 0 Å². The molecule has 0 atom stereocenters. The maximum absolute atomic E-state index is 13.9. The van der Waals surface area contributed by atoms with Crippen LogP contribution >= 0.6 is 0 Å². The molecule has 1 fully saturated rings. The molecule has 0 unspecified atom stereocenters. The summed E-state index contributed by atoms with van der Waals surface area (Å²) in [5.74, 6) is -1.40. The third kappa shape index (κ3) is 4.39. The molecule has 0 saturated carbocycles. The Bertz CT molecular complexity index is 953. The number of aromatic nitrogens is 2. The normalized spacial score (nSPS) is 16.2. The highest BCUT2D eigenvalue weighted by atomic mass is 32.2. The van der Waals surface area contributed by atoms with Crippen molar-refractivity contribution in [2.45, 2.75) is 24.2 Å². The van der Waals surface area contributed by atoms with E-state index < -0.39 is 26.6 Å². The summed E-state index contributed by atoms with van der Waals surface area (Å²) in [5, 5.41) is 2.85. The maximum Gasteiger partial charge on any atom is 0.246 e. The SMILES string of the molecule is Cn1ccnc1CCNC(=O)C1CCN(S(=O)(=O)c2cc(F)ccc2F)CC1. The van der Waals surface area contributed by atoms with Gasteiger partial charge in [0.05, 0.1) is 0 Å². The van der Waals surface area contributed by atoms with E-state index in [1.165, 1.54) is 0 Å². The minimum Gasteiger partial charge on any atom is -0.355 e. The van der Waals surface area contributed by atoms with Gasteiger partial charge in [-0.3, -0.25) is 4.79 Å². The van der Waals surface area contributed by atoms with E-state index in [4.69, 9.17) is 0 Å². The molecule has 1 amide bonds. The van der Waals surface area contributed by atoms with Crippen molar-refractivity contribution in [3.63, 3.8) is 0 Å². The summed E-state index contributed by atoms with van der Waals surface area (Å²) < 4.78 is 55.4. The van der Waals surface area contributed by atoms with Crippen LogP contribution in [0.3, 0.4) is 0 Å². The Balaban J connectivity index is 1.54. The predicted molar refractivity (Wildman–Crippen MR) is 97.8 cm³/mol. The zero-order valence-corrected chi connectivity index (χ0v) is 16.3. The molecule has 0 bridgehead atoms. The van der Waals surface area contributed by atoms with Gasteiger partial charge in [-0.05, 0) is 31.0 Å². The highest BCUT2D eigenvalue weighted by Gasteiger charge is 2.33. The largest absolute Gasteiger partial charge is 0.355 e. The fourth-order valence-corrected chi connectivity index (χ4v) is 4.80. The summed E-state index contributed by atoms with van der Waals surface area (Å²) in [6.45, 7) is 0.599. The van der Waals surface area contributed by atoms with Gasteiger partial charge in [0, 0.05) is 51.4 Å². The summed E-state index contributed by atoms with van der Waals surface area (Å²) >= 11 is 0. The Morgan fingerprint density at radius 3 is 2.64 bits per heavy atom. The number of imidazole rings is 1. The highest BCUT2D eigenvalue weighted by Crippen LogP contribution is 2.26. The van der Waals surface area contributed by atoms with E-state index in [9.17, 15) is 22.0 Å². The number of nitrogens with one attached hydrogen (secondary N) is 1. The van der Waals surface area contributed by atoms with Crippen LogP contribution in [0.5, 0.6) is 0 Å². The van der Waals surface area contributed by atoms with Crippen molar-refractivity contribution in [3.05, 3.63) is 48.1 Å². The third-order valence-corrected chi connectivity index (χ3v) is 6.82. The molecular formula is C18H22F2N4O3S. The lowest BCUT2D eigenvalue weighted by Crippen LogP contribution is -2.43. The first-order valence-electron chi connectivity index (χ1n) is 8.98. The zero-order valence-electron chi connectivity index (χ0n) is 15.4. The van der Waals surface area contributed by atoms with Crippen LogP contribution in [0.25, 0.3) is 0 Å². The van der Waals surface area contributed by atoms with Crippen LogP contribution in [-0.2, 0) is 28.3 Å². The van der Waals surface area contributed by atoms with Gasteiger partial charge in [0.1, 0.15) is 22.4 Å². The molecule has 2 aromatic rings. The van der Waals surface area contributed by atoms with Gasteiger partial charge in [0.25, 0.3) is 0 Å². The van der Waals surface area contributed by atoms with Gasteiger partial charge in [-0.25, -0.2) is 22.2 Å². The molecule has 7 nitrogen and oxygen atoms in total. The monoisotopic (exact) mass is 412 g/mol. The molecule has 1 aliphatic heterocycles. The van der Waals surface area contributed by atoms with Gasteiger partial charge >= 0.3 is 0 Å². The standard InChI is InChI=1S/C18H22F2N4O3S/c1-23-11-8-21-17(23)4-7-22-18(25)13-5-9-24(10-6-13)28(26,27)16-12-14(19)2-3-15(16)20/h2-3,8,11-13H,4-7,9-10H2,1H3,(H,22,25). The number of hydrogen-bond acceptors (Lipinski definition) is 4. The molecule has 2 heterocycles. The Labute approximate surface area is 162 Å². The molecule has 0 spiro atoms. The molecule has 1 saturated heterocycles.